The molecule has 1 N–H and O–H groups in total. The molecule has 0 aliphatic carbocycles. The second-order valence-electron chi connectivity index (χ2n) is 8.47. The Labute approximate surface area is 204 Å². The molecule has 2 aromatic carbocycles. The molecule has 1 fully saturated rings. The number of pyridine rings is 1. The van der Waals surface area contributed by atoms with Crippen molar-refractivity contribution in [3.8, 4) is 0 Å². The highest BCUT2D eigenvalue weighted by atomic mass is 35.5. The van der Waals surface area contributed by atoms with E-state index in [4.69, 9.17) is 16.3 Å². The van der Waals surface area contributed by atoms with Crippen molar-refractivity contribution in [2.24, 2.45) is 0 Å². The van der Waals surface area contributed by atoms with Gasteiger partial charge in [0.1, 0.15) is 0 Å². The van der Waals surface area contributed by atoms with Crippen molar-refractivity contribution >= 4 is 38.8 Å². The summed E-state index contributed by atoms with van der Waals surface area (Å²) in [5.74, 6) is -0.376. The van der Waals surface area contributed by atoms with Crippen LogP contribution < -0.4 is 9.62 Å². The first kappa shape index (κ1) is 24.2. The minimum atomic E-state index is -3.94. The van der Waals surface area contributed by atoms with Crippen molar-refractivity contribution in [2.75, 3.05) is 22.7 Å². The molecule has 34 heavy (non-hydrogen) atoms. The first-order valence-electron chi connectivity index (χ1n) is 10.9. The van der Waals surface area contributed by atoms with Gasteiger partial charge in [-0.05, 0) is 75.4 Å². The monoisotopic (exact) mass is 499 g/mol. The lowest BCUT2D eigenvalue weighted by atomic mass is 10.0. The molecule has 0 unspecified atom stereocenters. The van der Waals surface area contributed by atoms with Crippen LogP contribution in [0.15, 0.2) is 65.7 Å². The fourth-order valence-corrected chi connectivity index (χ4v) is 5.23. The van der Waals surface area contributed by atoms with E-state index in [1.54, 1.807) is 36.4 Å². The largest absolute Gasteiger partial charge is 0.372 e. The molecular weight excluding hydrogens is 474 g/mol. The summed E-state index contributed by atoms with van der Waals surface area (Å²) in [4.78, 5) is 19.5. The van der Waals surface area contributed by atoms with Crippen LogP contribution in [-0.4, -0.2) is 44.5 Å². The summed E-state index contributed by atoms with van der Waals surface area (Å²) in [7, 11) is -3.94. The van der Waals surface area contributed by atoms with Crippen molar-refractivity contribution in [1.29, 1.82) is 0 Å². The second kappa shape index (κ2) is 9.74. The lowest BCUT2D eigenvalue weighted by molar-refractivity contribution is -0.00522. The average molecular weight is 500 g/mol. The number of carbonyl (C=O) groups is 1. The molecule has 4 rings (SSSR count). The summed E-state index contributed by atoms with van der Waals surface area (Å²) < 4.78 is 34.6. The molecule has 7 nitrogen and oxygen atoms in total. The van der Waals surface area contributed by atoms with Crippen LogP contribution in [0, 0.1) is 6.92 Å². The summed E-state index contributed by atoms with van der Waals surface area (Å²) in [6.45, 7) is 7.32. The molecule has 0 saturated carbocycles. The molecule has 1 aliphatic rings. The number of hydrogen-bond donors (Lipinski definition) is 1. The van der Waals surface area contributed by atoms with Crippen LogP contribution >= 0.6 is 11.6 Å². The van der Waals surface area contributed by atoms with E-state index >= 15 is 0 Å². The van der Waals surface area contributed by atoms with Crippen molar-refractivity contribution in [3.05, 3.63) is 82.6 Å². The third-order valence-corrected chi connectivity index (χ3v) is 7.19. The summed E-state index contributed by atoms with van der Waals surface area (Å²) in [5.41, 5.74) is 2.33. The molecule has 0 amide bonds. The lowest BCUT2D eigenvalue weighted by Gasteiger charge is -2.36. The smallest absolute Gasteiger partial charge is 0.261 e. The van der Waals surface area contributed by atoms with Crippen LogP contribution in [0.3, 0.4) is 0 Å². The molecule has 0 spiro atoms. The van der Waals surface area contributed by atoms with Gasteiger partial charge in [0.25, 0.3) is 10.0 Å². The van der Waals surface area contributed by atoms with Gasteiger partial charge in [0.05, 0.1) is 22.8 Å². The fourth-order valence-electron chi connectivity index (χ4n) is 3.98. The Morgan fingerprint density at radius 2 is 1.74 bits per heavy atom. The number of benzene rings is 2. The van der Waals surface area contributed by atoms with Gasteiger partial charge in [-0.2, -0.15) is 0 Å². The van der Waals surface area contributed by atoms with Crippen LogP contribution in [-0.2, 0) is 14.8 Å². The molecule has 1 aliphatic heterocycles. The van der Waals surface area contributed by atoms with Crippen LogP contribution in [0.4, 0.5) is 11.4 Å². The highest BCUT2D eigenvalue weighted by Gasteiger charge is 2.24. The number of rotatable bonds is 6. The van der Waals surface area contributed by atoms with Crippen LogP contribution in [0.1, 0.15) is 35.5 Å². The number of sulfonamides is 1. The van der Waals surface area contributed by atoms with Gasteiger partial charge >= 0.3 is 0 Å². The van der Waals surface area contributed by atoms with E-state index in [2.05, 4.69) is 14.6 Å². The van der Waals surface area contributed by atoms with E-state index in [-0.39, 0.29) is 34.1 Å². The average Bonchev–Trinajstić information content (AvgIpc) is 2.79. The maximum Gasteiger partial charge on any atom is 0.261 e. The highest BCUT2D eigenvalue weighted by molar-refractivity contribution is 7.92. The minimum Gasteiger partial charge on any atom is -0.372 e. The zero-order chi connectivity index (χ0) is 24.5. The number of ketones is 1. The SMILES string of the molecule is Cc1ccc(C(=O)c2cc(Cl)ccc2NS(=O)(=O)c2ccc(N3C[C@@H](C)O[C@@H](C)C3)cc2)cn1. The molecule has 3 aromatic rings. The molecule has 0 bridgehead atoms. The highest BCUT2D eigenvalue weighted by Crippen LogP contribution is 2.27. The topological polar surface area (TPSA) is 88.6 Å². The Hall–Kier alpha value is -2.94. The van der Waals surface area contributed by atoms with E-state index in [1.807, 2.05) is 20.8 Å². The predicted octanol–water partition coefficient (Wildman–Crippen LogP) is 4.69. The van der Waals surface area contributed by atoms with E-state index in [0.29, 0.717) is 10.6 Å². The predicted molar refractivity (Wildman–Crippen MR) is 133 cm³/mol. The van der Waals surface area contributed by atoms with Gasteiger partial charge in [-0.25, -0.2) is 8.42 Å². The normalized spacial score (nSPS) is 18.5. The number of morpholine rings is 1. The summed E-state index contributed by atoms with van der Waals surface area (Å²) >= 11 is 6.11. The van der Waals surface area contributed by atoms with Gasteiger partial charge in [-0.1, -0.05) is 11.6 Å². The standard InChI is InChI=1S/C25H26ClN3O4S/c1-16-4-5-19(13-27-16)25(30)23-12-20(26)6-11-24(23)28-34(31,32)22-9-7-21(8-10-22)29-14-17(2)33-18(3)15-29/h4-13,17-18,28H,14-15H2,1-3H3/t17-,18+. The summed E-state index contributed by atoms with van der Waals surface area (Å²) in [5, 5.41) is 0.324. The Bertz CT molecular complexity index is 1280. The third-order valence-electron chi connectivity index (χ3n) is 5.58. The Balaban J connectivity index is 1.59. The number of hydrogen-bond acceptors (Lipinski definition) is 6. The second-order valence-corrected chi connectivity index (χ2v) is 10.6. The van der Waals surface area contributed by atoms with E-state index in [0.717, 1.165) is 24.5 Å². The van der Waals surface area contributed by atoms with Gasteiger partial charge in [-0.3, -0.25) is 14.5 Å². The van der Waals surface area contributed by atoms with Gasteiger partial charge in [0, 0.05) is 46.8 Å². The van der Waals surface area contributed by atoms with Crippen molar-refractivity contribution in [1.82, 2.24) is 4.98 Å². The molecule has 178 valence electrons. The zero-order valence-corrected chi connectivity index (χ0v) is 20.7. The Morgan fingerprint density at radius 3 is 2.35 bits per heavy atom. The van der Waals surface area contributed by atoms with Gasteiger partial charge < -0.3 is 9.64 Å². The first-order chi connectivity index (χ1) is 16.1. The Kier molecular flexibility index (Phi) is 6.93. The van der Waals surface area contributed by atoms with Crippen LogP contribution in [0.2, 0.25) is 5.02 Å². The zero-order valence-electron chi connectivity index (χ0n) is 19.2. The Morgan fingerprint density at radius 1 is 1.06 bits per heavy atom. The number of ether oxygens (including phenoxy) is 1. The maximum absolute atomic E-state index is 13.1. The van der Waals surface area contributed by atoms with E-state index in [1.165, 1.54) is 24.4 Å². The van der Waals surface area contributed by atoms with Gasteiger partial charge in [0.15, 0.2) is 5.78 Å². The van der Waals surface area contributed by atoms with Gasteiger partial charge in [0.2, 0.25) is 0 Å². The number of aromatic nitrogens is 1. The third kappa shape index (κ3) is 5.41. The minimum absolute atomic E-state index is 0.0935. The number of carbonyl (C=O) groups excluding carboxylic acids is 1. The number of halogens is 1. The molecule has 9 heteroatoms. The molecule has 0 radical (unpaired) electrons. The first-order valence-corrected chi connectivity index (χ1v) is 12.8. The summed E-state index contributed by atoms with van der Waals surface area (Å²) in [6.07, 6.45) is 1.65. The van der Waals surface area contributed by atoms with Crippen molar-refractivity contribution < 1.29 is 17.9 Å². The quantitative estimate of drug-likeness (QED) is 0.495. The fraction of sp³-hybridized carbons (Fsp3) is 0.280. The number of anilines is 2. The van der Waals surface area contributed by atoms with E-state index < -0.39 is 10.0 Å². The molecule has 2 heterocycles. The van der Waals surface area contributed by atoms with Crippen molar-refractivity contribution in [3.63, 3.8) is 0 Å². The number of nitrogens with zero attached hydrogens (tertiary/aromatic N) is 2. The van der Waals surface area contributed by atoms with Crippen LogP contribution in [0.5, 0.6) is 0 Å². The number of aryl methyl sites for hydroxylation is 1. The molecule has 2 atom stereocenters. The molecular formula is C25H26ClN3O4S. The number of nitrogens with one attached hydrogen (secondary N) is 1. The van der Waals surface area contributed by atoms with Crippen molar-refractivity contribution in [2.45, 2.75) is 37.9 Å². The van der Waals surface area contributed by atoms with E-state index in [9.17, 15) is 13.2 Å². The lowest BCUT2D eigenvalue weighted by Crippen LogP contribution is -2.45. The molecule has 1 saturated heterocycles. The maximum atomic E-state index is 13.1. The summed E-state index contributed by atoms with van der Waals surface area (Å²) in [6, 6.07) is 14.5. The molecule has 1 aromatic heterocycles. The van der Waals surface area contributed by atoms with Gasteiger partial charge in [-0.15, -0.1) is 0 Å². The van der Waals surface area contributed by atoms with Crippen LogP contribution in [0.25, 0.3) is 0 Å².